The number of hydrogen-bond acceptors (Lipinski definition) is 4. The van der Waals surface area contributed by atoms with Crippen molar-refractivity contribution in [2.75, 3.05) is 26.4 Å². The highest BCUT2D eigenvalue weighted by Crippen LogP contribution is 2.17. The molecule has 0 spiro atoms. The second-order valence-electron chi connectivity index (χ2n) is 3.16. The van der Waals surface area contributed by atoms with Crippen LogP contribution in [0.25, 0.3) is 0 Å². The number of hydrogen-bond donors (Lipinski definition) is 1. The maximum atomic E-state index is 10.1. The van der Waals surface area contributed by atoms with Crippen molar-refractivity contribution >= 4 is 15.2 Å². The highest BCUT2D eigenvalue weighted by molar-refractivity contribution is 6.60. The average Bonchev–Trinajstić information content (AvgIpc) is 2.26. The van der Waals surface area contributed by atoms with Crippen LogP contribution in [0.2, 0.25) is 6.04 Å². The van der Waals surface area contributed by atoms with Gasteiger partial charge < -0.3 is 18.6 Å². The molecule has 16 heavy (non-hydrogen) atoms. The number of nitrogens with one attached hydrogen (secondary N) is 1. The maximum Gasteiger partial charge on any atom is 0.500 e. The van der Waals surface area contributed by atoms with Crippen LogP contribution in [0.5, 0.6) is 0 Å². The Hall–Kier alpha value is -0.433. The highest BCUT2D eigenvalue weighted by Gasteiger charge is 2.39. The lowest BCUT2D eigenvalue weighted by Crippen LogP contribution is -2.46. The maximum absolute atomic E-state index is 10.1. The minimum Gasteiger partial charge on any atom is -0.374 e. The van der Waals surface area contributed by atoms with Crippen molar-refractivity contribution in [1.82, 2.24) is 5.32 Å². The zero-order valence-corrected chi connectivity index (χ0v) is 11.5. The molecular formula is C10H23NO4Si. The largest absolute Gasteiger partial charge is 0.500 e. The van der Waals surface area contributed by atoms with Crippen LogP contribution in [0.4, 0.5) is 0 Å². The van der Waals surface area contributed by atoms with Gasteiger partial charge >= 0.3 is 8.80 Å². The van der Waals surface area contributed by atoms with E-state index in [4.69, 9.17) is 13.3 Å². The second-order valence-corrected chi connectivity index (χ2v) is 5.89. The standard InChI is InChI=1S/C10H23NO4Si/c1-4-13-16(14-5-2,15-6-3)9-7-8-11-10-12/h10H,4-9H2,1-3H3,(H,11,12). The van der Waals surface area contributed by atoms with E-state index in [2.05, 4.69) is 5.32 Å². The van der Waals surface area contributed by atoms with Gasteiger partial charge in [0.2, 0.25) is 6.41 Å². The summed E-state index contributed by atoms with van der Waals surface area (Å²) in [6.45, 7) is 8.20. The summed E-state index contributed by atoms with van der Waals surface area (Å²) in [5, 5.41) is 2.62. The van der Waals surface area contributed by atoms with E-state index >= 15 is 0 Å². The molecule has 0 bridgehead atoms. The Labute approximate surface area is 98.8 Å². The summed E-state index contributed by atoms with van der Waals surface area (Å²) in [7, 11) is -2.50. The summed E-state index contributed by atoms with van der Waals surface area (Å²) < 4.78 is 17.0. The molecule has 0 saturated heterocycles. The van der Waals surface area contributed by atoms with E-state index in [1.54, 1.807) is 0 Å². The van der Waals surface area contributed by atoms with Crippen LogP contribution in [0.3, 0.4) is 0 Å². The number of amides is 1. The minimum atomic E-state index is -2.50. The predicted octanol–water partition coefficient (Wildman–Crippen LogP) is 1.17. The second kappa shape index (κ2) is 9.77. The Kier molecular flexibility index (Phi) is 9.50. The van der Waals surface area contributed by atoms with E-state index in [-0.39, 0.29) is 0 Å². The first kappa shape index (κ1) is 15.6. The number of rotatable bonds is 11. The van der Waals surface area contributed by atoms with Gasteiger partial charge in [0.05, 0.1) is 0 Å². The summed E-state index contributed by atoms with van der Waals surface area (Å²) in [5.41, 5.74) is 0. The molecule has 0 radical (unpaired) electrons. The van der Waals surface area contributed by atoms with E-state index in [1.807, 2.05) is 20.8 Å². The van der Waals surface area contributed by atoms with Crippen molar-refractivity contribution in [1.29, 1.82) is 0 Å². The van der Waals surface area contributed by atoms with Gasteiger partial charge in [-0.1, -0.05) is 0 Å². The molecule has 0 unspecified atom stereocenters. The van der Waals surface area contributed by atoms with Crippen molar-refractivity contribution in [2.45, 2.75) is 33.2 Å². The quantitative estimate of drug-likeness (QED) is 0.339. The number of carbonyl (C=O) groups is 1. The van der Waals surface area contributed by atoms with Crippen LogP contribution in [0.15, 0.2) is 0 Å². The molecule has 0 aliphatic carbocycles. The molecule has 0 fully saturated rings. The van der Waals surface area contributed by atoms with Gasteiger partial charge in [0.15, 0.2) is 0 Å². The van der Waals surface area contributed by atoms with Crippen LogP contribution in [0.1, 0.15) is 27.2 Å². The molecular weight excluding hydrogens is 226 g/mol. The van der Waals surface area contributed by atoms with Crippen LogP contribution >= 0.6 is 0 Å². The smallest absolute Gasteiger partial charge is 0.374 e. The van der Waals surface area contributed by atoms with Gasteiger partial charge in [0, 0.05) is 32.4 Å². The molecule has 1 amide bonds. The zero-order valence-electron chi connectivity index (χ0n) is 10.5. The van der Waals surface area contributed by atoms with Crippen LogP contribution in [0, 0.1) is 0 Å². The summed E-state index contributed by atoms with van der Waals surface area (Å²) in [4.78, 5) is 10.1. The van der Waals surface area contributed by atoms with Crippen molar-refractivity contribution in [2.24, 2.45) is 0 Å². The number of carbonyl (C=O) groups excluding carboxylic acids is 1. The van der Waals surface area contributed by atoms with Crippen molar-refractivity contribution in [3.8, 4) is 0 Å². The monoisotopic (exact) mass is 249 g/mol. The van der Waals surface area contributed by atoms with Gasteiger partial charge in [-0.15, -0.1) is 0 Å². The predicted molar refractivity (Wildman–Crippen MR) is 64.1 cm³/mol. The Morgan fingerprint density at radius 3 is 1.94 bits per heavy atom. The molecule has 6 heteroatoms. The summed E-state index contributed by atoms with van der Waals surface area (Å²) in [6.07, 6.45) is 1.51. The molecule has 96 valence electrons. The Balaban J connectivity index is 4.17. The molecule has 0 heterocycles. The molecule has 0 rings (SSSR count). The third-order valence-electron chi connectivity index (χ3n) is 1.98. The van der Waals surface area contributed by atoms with Gasteiger partial charge in [-0.3, -0.25) is 4.79 Å². The van der Waals surface area contributed by atoms with Crippen LogP contribution < -0.4 is 5.32 Å². The highest BCUT2D eigenvalue weighted by atomic mass is 28.4. The van der Waals surface area contributed by atoms with Crippen molar-refractivity contribution in [3.05, 3.63) is 0 Å². The van der Waals surface area contributed by atoms with E-state index in [0.29, 0.717) is 32.8 Å². The zero-order chi connectivity index (χ0) is 12.3. The Morgan fingerprint density at radius 1 is 1.06 bits per heavy atom. The van der Waals surface area contributed by atoms with Gasteiger partial charge in [0.1, 0.15) is 0 Å². The molecule has 0 saturated carbocycles. The van der Waals surface area contributed by atoms with Crippen molar-refractivity contribution in [3.63, 3.8) is 0 Å². The fourth-order valence-corrected chi connectivity index (χ4v) is 4.08. The lowest BCUT2D eigenvalue weighted by molar-refractivity contribution is -0.109. The first-order chi connectivity index (χ1) is 7.74. The molecule has 0 atom stereocenters. The SMILES string of the molecule is CCO[Si](CCCNC=O)(OCC)OCC. The Morgan fingerprint density at radius 2 is 1.56 bits per heavy atom. The summed E-state index contributed by atoms with van der Waals surface area (Å²) in [5.74, 6) is 0. The van der Waals surface area contributed by atoms with Gasteiger partial charge in [-0.2, -0.15) is 0 Å². The van der Waals surface area contributed by atoms with E-state index in [9.17, 15) is 4.79 Å². The average molecular weight is 249 g/mol. The van der Waals surface area contributed by atoms with E-state index in [0.717, 1.165) is 12.5 Å². The van der Waals surface area contributed by atoms with Gasteiger partial charge in [-0.25, -0.2) is 0 Å². The first-order valence-electron chi connectivity index (χ1n) is 5.83. The van der Waals surface area contributed by atoms with Crippen LogP contribution in [-0.2, 0) is 18.1 Å². The first-order valence-corrected chi connectivity index (χ1v) is 7.76. The van der Waals surface area contributed by atoms with Gasteiger partial charge in [0.25, 0.3) is 0 Å². The lowest BCUT2D eigenvalue weighted by atomic mass is 10.5. The van der Waals surface area contributed by atoms with E-state index in [1.165, 1.54) is 0 Å². The topological polar surface area (TPSA) is 56.8 Å². The third kappa shape index (κ3) is 6.22. The fourth-order valence-electron chi connectivity index (χ4n) is 1.47. The molecule has 0 aromatic heterocycles. The fraction of sp³-hybridized carbons (Fsp3) is 0.900. The molecule has 0 aromatic carbocycles. The normalized spacial score (nSPS) is 11.4. The van der Waals surface area contributed by atoms with Gasteiger partial charge in [-0.05, 0) is 27.2 Å². The lowest BCUT2D eigenvalue weighted by Gasteiger charge is -2.28. The molecule has 0 aliphatic heterocycles. The minimum absolute atomic E-state index is 0.591. The van der Waals surface area contributed by atoms with Crippen molar-refractivity contribution < 1.29 is 18.1 Å². The van der Waals surface area contributed by atoms with Crippen LogP contribution in [-0.4, -0.2) is 41.6 Å². The molecule has 1 N–H and O–H groups in total. The Bertz CT molecular complexity index is 163. The third-order valence-corrected chi connectivity index (χ3v) is 5.13. The molecule has 0 aliphatic rings. The molecule has 0 aromatic rings. The molecule has 5 nitrogen and oxygen atoms in total. The summed E-state index contributed by atoms with van der Waals surface area (Å²) >= 11 is 0. The van der Waals surface area contributed by atoms with E-state index < -0.39 is 8.80 Å². The summed E-state index contributed by atoms with van der Waals surface area (Å²) in [6, 6.07) is 0.739.